The SMILES string of the molecule is CCCCNC(=S)NC1CC(=O)N(C)C1=O. The van der Waals surface area contributed by atoms with E-state index >= 15 is 0 Å². The lowest BCUT2D eigenvalue weighted by atomic mass is 10.2. The minimum atomic E-state index is -0.501. The molecule has 0 bridgehead atoms. The third kappa shape index (κ3) is 3.16. The number of nitrogens with one attached hydrogen (secondary N) is 2. The fourth-order valence-corrected chi connectivity index (χ4v) is 1.70. The molecule has 0 aromatic rings. The number of nitrogens with zero attached hydrogens (tertiary/aromatic N) is 1. The van der Waals surface area contributed by atoms with Crippen molar-refractivity contribution in [3.8, 4) is 0 Å². The van der Waals surface area contributed by atoms with Crippen molar-refractivity contribution in [2.75, 3.05) is 13.6 Å². The summed E-state index contributed by atoms with van der Waals surface area (Å²) in [4.78, 5) is 23.9. The van der Waals surface area contributed by atoms with Crippen LogP contribution in [0.1, 0.15) is 26.2 Å². The van der Waals surface area contributed by atoms with Gasteiger partial charge in [0.1, 0.15) is 6.04 Å². The first kappa shape index (κ1) is 12.9. The molecule has 1 aliphatic rings. The van der Waals surface area contributed by atoms with Crippen molar-refractivity contribution < 1.29 is 9.59 Å². The highest BCUT2D eigenvalue weighted by atomic mass is 32.1. The average molecular weight is 243 g/mol. The Balaban J connectivity index is 2.35. The van der Waals surface area contributed by atoms with Gasteiger partial charge >= 0.3 is 0 Å². The van der Waals surface area contributed by atoms with Gasteiger partial charge in [-0.05, 0) is 18.6 Å². The molecular formula is C10H17N3O2S. The maximum Gasteiger partial charge on any atom is 0.251 e. The highest BCUT2D eigenvalue weighted by Crippen LogP contribution is 2.10. The van der Waals surface area contributed by atoms with E-state index in [-0.39, 0.29) is 18.2 Å². The standard InChI is InChI=1S/C10H17N3O2S/c1-3-4-5-11-10(16)12-7-6-8(14)13(2)9(7)15/h7H,3-6H2,1-2H3,(H2,11,12,16). The molecule has 0 radical (unpaired) electrons. The zero-order valence-corrected chi connectivity index (χ0v) is 10.4. The molecule has 1 aliphatic heterocycles. The average Bonchev–Trinajstić information content (AvgIpc) is 2.47. The number of amides is 2. The number of rotatable bonds is 4. The molecule has 1 saturated heterocycles. The fraction of sp³-hybridized carbons (Fsp3) is 0.700. The van der Waals surface area contributed by atoms with Gasteiger partial charge in [0, 0.05) is 13.6 Å². The number of likely N-dealkylation sites (tertiary alicyclic amines) is 1. The van der Waals surface area contributed by atoms with Crippen molar-refractivity contribution in [2.24, 2.45) is 0 Å². The van der Waals surface area contributed by atoms with Crippen LogP contribution >= 0.6 is 12.2 Å². The molecule has 16 heavy (non-hydrogen) atoms. The van der Waals surface area contributed by atoms with Gasteiger partial charge in [-0.1, -0.05) is 13.3 Å². The van der Waals surface area contributed by atoms with Crippen molar-refractivity contribution in [3.05, 3.63) is 0 Å². The van der Waals surface area contributed by atoms with E-state index < -0.39 is 6.04 Å². The van der Waals surface area contributed by atoms with E-state index in [4.69, 9.17) is 12.2 Å². The van der Waals surface area contributed by atoms with Crippen molar-refractivity contribution >= 4 is 29.1 Å². The summed E-state index contributed by atoms with van der Waals surface area (Å²) < 4.78 is 0. The Labute approximate surface area is 101 Å². The summed E-state index contributed by atoms with van der Waals surface area (Å²) >= 11 is 5.03. The third-order valence-corrected chi connectivity index (χ3v) is 2.76. The van der Waals surface area contributed by atoms with Crippen LogP contribution in [0.4, 0.5) is 0 Å². The third-order valence-electron chi connectivity index (χ3n) is 2.50. The Kier molecular flexibility index (Phi) is 4.67. The Hall–Kier alpha value is -1.17. The van der Waals surface area contributed by atoms with E-state index in [2.05, 4.69) is 17.6 Å². The van der Waals surface area contributed by atoms with Gasteiger partial charge in [0.2, 0.25) is 5.91 Å². The van der Waals surface area contributed by atoms with Gasteiger partial charge in [-0.25, -0.2) is 0 Å². The lowest BCUT2D eigenvalue weighted by Crippen LogP contribution is -2.45. The summed E-state index contributed by atoms with van der Waals surface area (Å²) in [6.45, 7) is 2.87. The molecular weight excluding hydrogens is 226 g/mol. The van der Waals surface area contributed by atoms with Gasteiger partial charge in [-0.3, -0.25) is 14.5 Å². The minimum absolute atomic E-state index is 0.168. The van der Waals surface area contributed by atoms with E-state index in [0.29, 0.717) is 5.11 Å². The summed E-state index contributed by atoms with van der Waals surface area (Å²) in [6, 6.07) is -0.501. The van der Waals surface area contributed by atoms with E-state index in [0.717, 1.165) is 24.3 Å². The highest BCUT2D eigenvalue weighted by Gasteiger charge is 2.36. The molecule has 1 atom stereocenters. The predicted octanol–water partition coefficient (Wildman–Crippen LogP) is 0.00790. The highest BCUT2D eigenvalue weighted by molar-refractivity contribution is 7.80. The van der Waals surface area contributed by atoms with Gasteiger partial charge in [0.25, 0.3) is 5.91 Å². The zero-order valence-electron chi connectivity index (χ0n) is 9.58. The quantitative estimate of drug-likeness (QED) is 0.414. The topological polar surface area (TPSA) is 61.4 Å². The molecule has 0 spiro atoms. The van der Waals surface area contributed by atoms with Crippen molar-refractivity contribution in [1.82, 2.24) is 15.5 Å². The molecule has 6 heteroatoms. The molecule has 0 saturated carbocycles. The van der Waals surface area contributed by atoms with Crippen LogP contribution in [-0.2, 0) is 9.59 Å². The number of hydrogen-bond acceptors (Lipinski definition) is 3. The largest absolute Gasteiger partial charge is 0.363 e. The summed E-state index contributed by atoms with van der Waals surface area (Å²) in [7, 11) is 1.49. The summed E-state index contributed by atoms with van der Waals surface area (Å²) in [5.74, 6) is -0.386. The van der Waals surface area contributed by atoms with Crippen molar-refractivity contribution in [1.29, 1.82) is 0 Å². The van der Waals surface area contributed by atoms with Crippen LogP contribution in [0.5, 0.6) is 0 Å². The molecule has 1 unspecified atom stereocenters. The predicted molar refractivity (Wildman–Crippen MR) is 64.8 cm³/mol. The monoisotopic (exact) mass is 243 g/mol. The van der Waals surface area contributed by atoms with Crippen molar-refractivity contribution in [2.45, 2.75) is 32.2 Å². The zero-order chi connectivity index (χ0) is 12.1. The first-order valence-electron chi connectivity index (χ1n) is 5.41. The van der Waals surface area contributed by atoms with Gasteiger partial charge in [0.15, 0.2) is 5.11 Å². The Bertz CT molecular complexity index is 306. The fourth-order valence-electron chi connectivity index (χ4n) is 1.46. The Morgan fingerprint density at radius 2 is 2.25 bits per heavy atom. The summed E-state index contributed by atoms with van der Waals surface area (Å²) in [6.07, 6.45) is 2.30. The van der Waals surface area contributed by atoms with Gasteiger partial charge in [-0.2, -0.15) is 0 Å². The second kappa shape index (κ2) is 5.79. The van der Waals surface area contributed by atoms with E-state index in [1.807, 2.05) is 0 Å². The van der Waals surface area contributed by atoms with Crippen LogP contribution in [0.3, 0.4) is 0 Å². The Morgan fingerprint density at radius 3 is 2.75 bits per heavy atom. The molecule has 90 valence electrons. The van der Waals surface area contributed by atoms with Gasteiger partial charge in [0.05, 0.1) is 6.42 Å². The van der Waals surface area contributed by atoms with Crippen LogP contribution in [0, 0.1) is 0 Å². The van der Waals surface area contributed by atoms with Crippen LogP contribution in [0.15, 0.2) is 0 Å². The number of carbonyl (C=O) groups is 2. The Morgan fingerprint density at radius 1 is 1.56 bits per heavy atom. The van der Waals surface area contributed by atoms with Gasteiger partial charge < -0.3 is 10.6 Å². The maximum absolute atomic E-state index is 11.5. The molecule has 0 aliphatic carbocycles. The number of likely N-dealkylation sites (N-methyl/N-ethyl adjacent to an activating group) is 1. The van der Waals surface area contributed by atoms with E-state index in [1.165, 1.54) is 7.05 Å². The second-order valence-corrected chi connectivity index (χ2v) is 4.21. The normalized spacial score (nSPS) is 20.1. The second-order valence-electron chi connectivity index (χ2n) is 3.80. The molecule has 1 heterocycles. The van der Waals surface area contributed by atoms with Crippen molar-refractivity contribution in [3.63, 3.8) is 0 Å². The lowest BCUT2D eigenvalue weighted by Gasteiger charge is -2.14. The summed E-state index contributed by atoms with van der Waals surface area (Å²) in [5.41, 5.74) is 0. The number of hydrogen-bond donors (Lipinski definition) is 2. The van der Waals surface area contributed by atoms with E-state index in [9.17, 15) is 9.59 Å². The van der Waals surface area contributed by atoms with Crippen LogP contribution in [0.2, 0.25) is 0 Å². The molecule has 5 nitrogen and oxygen atoms in total. The molecule has 0 aromatic heterocycles. The number of carbonyl (C=O) groups excluding carboxylic acids is 2. The van der Waals surface area contributed by atoms with Crippen LogP contribution < -0.4 is 10.6 Å². The maximum atomic E-state index is 11.5. The van der Waals surface area contributed by atoms with Crippen LogP contribution in [0.25, 0.3) is 0 Å². The number of thiocarbonyl (C=S) groups is 1. The minimum Gasteiger partial charge on any atom is -0.363 e. The molecule has 2 N–H and O–H groups in total. The molecule has 2 amide bonds. The number of imide groups is 1. The van der Waals surface area contributed by atoms with Gasteiger partial charge in [-0.15, -0.1) is 0 Å². The lowest BCUT2D eigenvalue weighted by molar-refractivity contribution is -0.137. The number of unbranched alkanes of at least 4 members (excludes halogenated alkanes) is 1. The smallest absolute Gasteiger partial charge is 0.251 e. The summed E-state index contributed by atoms with van der Waals surface area (Å²) in [5, 5.41) is 6.30. The molecule has 0 aromatic carbocycles. The first-order valence-corrected chi connectivity index (χ1v) is 5.81. The van der Waals surface area contributed by atoms with E-state index in [1.54, 1.807) is 0 Å². The first-order chi connectivity index (χ1) is 7.56. The molecule has 1 fully saturated rings. The molecule has 1 rings (SSSR count). The van der Waals surface area contributed by atoms with Crippen LogP contribution in [-0.4, -0.2) is 41.5 Å².